The summed E-state index contributed by atoms with van der Waals surface area (Å²) in [6.45, 7) is 5.98. The predicted molar refractivity (Wildman–Crippen MR) is 125 cm³/mol. The number of fused-ring (bicyclic) bond motifs is 2. The largest absolute Gasteiger partial charge is 0.284 e. The van der Waals surface area contributed by atoms with E-state index >= 15 is 0 Å². The van der Waals surface area contributed by atoms with Crippen LogP contribution in [0, 0.1) is 20.8 Å². The van der Waals surface area contributed by atoms with Crippen molar-refractivity contribution in [1.82, 2.24) is 14.1 Å². The minimum Gasteiger partial charge on any atom is -0.284 e. The normalized spacial score (nSPS) is 11.3. The molecule has 0 spiro atoms. The van der Waals surface area contributed by atoms with Crippen LogP contribution < -0.4 is 11.1 Å². The molecule has 0 saturated carbocycles. The highest BCUT2D eigenvalue weighted by atomic mass is 16.1. The highest BCUT2D eigenvalue weighted by Gasteiger charge is 2.12. The van der Waals surface area contributed by atoms with Gasteiger partial charge in [0.1, 0.15) is 0 Å². The summed E-state index contributed by atoms with van der Waals surface area (Å²) in [6, 6.07) is 19.1. The second kappa shape index (κ2) is 7.06. The van der Waals surface area contributed by atoms with Gasteiger partial charge in [-0.15, -0.1) is 0 Å². The fourth-order valence-corrected chi connectivity index (χ4v) is 3.90. The lowest BCUT2D eigenvalue weighted by Crippen LogP contribution is -2.21. The first kappa shape index (κ1) is 19.0. The van der Waals surface area contributed by atoms with Crippen molar-refractivity contribution < 1.29 is 0 Å². The van der Waals surface area contributed by atoms with Gasteiger partial charge in [0.25, 0.3) is 11.1 Å². The van der Waals surface area contributed by atoms with Crippen molar-refractivity contribution in [3.8, 4) is 11.4 Å². The van der Waals surface area contributed by atoms with Crippen LogP contribution in [0.5, 0.6) is 0 Å². The summed E-state index contributed by atoms with van der Waals surface area (Å²) in [5.41, 5.74) is 5.57. The van der Waals surface area contributed by atoms with E-state index < -0.39 is 0 Å². The quantitative estimate of drug-likeness (QED) is 0.402. The smallest absolute Gasteiger partial charge is 0.264 e. The summed E-state index contributed by atoms with van der Waals surface area (Å²) in [4.78, 5) is 31.2. The molecule has 0 unspecified atom stereocenters. The van der Waals surface area contributed by atoms with Gasteiger partial charge >= 0.3 is 0 Å². The van der Waals surface area contributed by atoms with Gasteiger partial charge in [-0.3, -0.25) is 18.7 Å². The zero-order chi connectivity index (χ0) is 21.7. The number of pyridine rings is 3. The molecule has 0 amide bonds. The van der Waals surface area contributed by atoms with Gasteiger partial charge in [-0.1, -0.05) is 29.8 Å². The maximum Gasteiger partial charge on any atom is 0.264 e. The molecule has 5 nitrogen and oxygen atoms in total. The van der Waals surface area contributed by atoms with Gasteiger partial charge < -0.3 is 0 Å². The molecule has 3 heterocycles. The summed E-state index contributed by atoms with van der Waals surface area (Å²) in [6.07, 6.45) is 3.48. The third-order valence-electron chi connectivity index (χ3n) is 5.68. The molecule has 0 atom stereocenters. The molecule has 2 aromatic carbocycles. The Morgan fingerprint density at radius 2 is 1.23 bits per heavy atom. The molecule has 3 aromatic heterocycles. The number of hydrogen-bond donors (Lipinski definition) is 0. The van der Waals surface area contributed by atoms with E-state index in [2.05, 4.69) is 4.98 Å². The maximum atomic E-state index is 13.4. The van der Waals surface area contributed by atoms with Gasteiger partial charge in [-0.2, -0.15) is 0 Å². The minimum absolute atomic E-state index is 0.189. The van der Waals surface area contributed by atoms with E-state index in [0.29, 0.717) is 21.8 Å². The monoisotopic (exact) mass is 407 g/mol. The van der Waals surface area contributed by atoms with Crippen molar-refractivity contribution in [2.45, 2.75) is 20.8 Å². The number of benzene rings is 2. The molecular weight excluding hydrogens is 386 g/mol. The van der Waals surface area contributed by atoms with E-state index in [1.807, 2.05) is 75.4 Å². The van der Waals surface area contributed by atoms with Crippen molar-refractivity contribution in [1.29, 1.82) is 0 Å². The molecule has 0 aliphatic rings. The highest BCUT2D eigenvalue weighted by molar-refractivity contribution is 5.91. The first-order valence-corrected chi connectivity index (χ1v) is 10.1. The number of rotatable bonds is 2. The number of aromatic nitrogens is 3. The van der Waals surface area contributed by atoms with E-state index in [9.17, 15) is 9.59 Å². The van der Waals surface area contributed by atoms with E-state index in [0.717, 1.165) is 28.1 Å². The Hall–Kier alpha value is -3.99. The van der Waals surface area contributed by atoms with Gasteiger partial charge in [0.15, 0.2) is 0 Å². The summed E-state index contributed by atoms with van der Waals surface area (Å²) >= 11 is 0. The van der Waals surface area contributed by atoms with Crippen LogP contribution in [-0.2, 0) is 0 Å². The summed E-state index contributed by atoms with van der Waals surface area (Å²) in [7, 11) is 0. The molecule has 0 saturated heterocycles. The molecule has 0 aliphatic carbocycles. The van der Waals surface area contributed by atoms with Gasteiger partial charge in [0.2, 0.25) is 0 Å². The summed E-state index contributed by atoms with van der Waals surface area (Å²) < 4.78 is 3.21. The predicted octanol–water partition coefficient (Wildman–Crippen LogP) is 4.62. The average Bonchev–Trinajstić information content (AvgIpc) is 2.76. The van der Waals surface area contributed by atoms with Gasteiger partial charge in [0, 0.05) is 18.1 Å². The van der Waals surface area contributed by atoms with Crippen LogP contribution in [0.1, 0.15) is 16.7 Å². The lowest BCUT2D eigenvalue weighted by molar-refractivity contribution is 0.987. The molecule has 0 fully saturated rings. The Labute approximate surface area is 178 Å². The van der Waals surface area contributed by atoms with Crippen LogP contribution in [0.4, 0.5) is 0 Å². The Morgan fingerprint density at radius 1 is 0.645 bits per heavy atom. The highest BCUT2D eigenvalue weighted by Crippen LogP contribution is 2.19. The lowest BCUT2D eigenvalue weighted by Gasteiger charge is -2.12. The Bertz CT molecular complexity index is 1590. The number of hydrogen-bond acceptors (Lipinski definition) is 3. The van der Waals surface area contributed by atoms with Gasteiger partial charge in [-0.25, -0.2) is 4.98 Å². The average molecular weight is 407 g/mol. The summed E-state index contributed by atoms with van der Waals surface area (Å²) in [5, 5.41) is 0.848. The van der Waals surface area contributed by atoms with E-state index in [1.165, 1.54) is 0 Å². The molecule has 5 aromatic rings. The molecule has 0 radical (unpaired) electrons. The summed E-state index contributed by atoms with van der Waals surface area (Å²) in [5.74, 6) is 0. The molecular formula is C26H21N3O2. The molecule has 5 rings (SSSR count). The standard InChI is InChI=1S/C26H21N3O2/c1-16-5-8-19(9-6-16)28-12-10-22-20(25(28)30)15-21-23(27-22)11-13-29(26(21)31)24-14-17(2)4-7-18(24)3/h4-15H,1-3H3. The van der Waals surface area contributed by atoms with Crippen molar-refractivity contribution >= 4 is 21.8 Å². The molecule has 31 heavy (non-hydrogen) atoms. The fourth-order valence-electron chi connectivity index (χ4n) is 3.90. The van der Waals surface area contributed by atoms with Crippen LogP contribution in [0.25, 0.3) is 33.2 Å². The van der Waals surface area contributed by atoms with Crippen molar-refractivity contribution in [2.75, 3.05) is 0 Å². The van der Waals surface area contributed by atoms with Crippen molar-refractivity contribution in [2.24, 2.45) is 0 Å². The first-order valence-electron chi connectivity index (χ1n) is 10.1. The van der Waals surface area contributed by atoms with E-state index in [4.69, 9.17) is 0 Å². The van der Waals surface area contributed by atoms with Crippen LogP contribution in [0.3, 0.4) is 0 Å². The third kappa shape index (κ3) is 3.15. The SMILES string of the molecule is Cc1ccc(-n2ccc3nc4ccn(-c5cc(C)ccc5C)c(=O)c4cc3c2=O)cc1. The second-order valence-corrected chi connectivity index (χ2v) is 7.96. The molecule has 0 N–H and O–H groups in total. The van der Waals surface area contributed by atoms with Crippen LogP contribution in [0.15, 0.2) is 82.6 Å². The zero-order valence-electron chi connectivity index (χ0n) is 17.6. The lowest BCUT2D eigenvalue weighted by atomic mass is 10.1. The second-order valence-electron chi connectivity index (χ2n) is 7.96. The zero-order valence-corrected chi connectivity index (χ0v) is 17.6. The maximum absolute atomic E-state index is 13.4. The Morgan fingerprint density at radius 3 is 1.90 bits per heavy atom. The molecule has 5 heteroatoms. The van der Waals surface area contributed by atoms with Crippen LogP contribution in [-0.4, -0.2) is 14.1 Å². The molecule has 0 bridgehead atoms. The fraction of sp³-hybridized carbons (Fsp3) is 0.115. The molecule has 0 aliphatic heterocycles. The molecule has 152 valence electrons. The topological polar surface area (TPSA) is 56.9 Å². The van der Waals surface area contributed by atoms with E-state index in [-0.39, 0.29) is 11.1 Å². The Kier molecular flexibility index (Phi) is 4.33. The van der Waals surface area contributed by atoms with Crippen molar-refractivity contribution in [3.05, 3.63) is 110 Å². The number of nitrogens with zero attached hydrogens (tertiary/aromatic N) is 3. The van der Waals surface area contributed by atoms with Crippen LogP contribution >= 0.6 is 0 Å². The minimum atomic E-state index is -0.197. The Balaban J connectivity index is 1.77. The van der Waals surface area contributed by atoms with Crippen molar-refractivity contribution in [3.63, 3.8) is 0 Å². The van der Waals surface area contributed by atoms with Crippen LogP contribution in [0.2, 0.25) is 0 Å². The number of aryl methyl sites for hydroxylation is 3. The van der Waals surface area contributed by atoms with E-state index in [1.54, 1.807) is 27.6 Å². The van der Waals surface area contributed by atoms with Gasteiger partial charge in [-0.05, 0) is 68.3 Å². The third-order valence-corrected chi connectivity index (χ3v) is 5.68. The van der Waals surface area contributed by atoms with Gasteiger partial charge in [0.05, 0.1) is 27.5 Å². The first-order chi connectivity index (χ1) is 14.9.